The number of amides is 1. The first-order valence-corrected chi connectivity index (χ1v) is 10.0. The zero-order valence-electron chi connectivity index (χ0n) is 15.5. The molecule has 0 radical (unpaired) electrons. The van der Waals surface area contributed by atoms with Gasteiger partial charge >= 0.3 is 0 Å². The Bertz CT molecular complexity index is 1090. The Labute approximate surface area is 192 Å². The van der Waals surface area contributed by atoms with Crippen LogP contribution in [0.25, 0.3) is 11.3 Å². The summed E-state index contributed by atoms with van der Waals surface area (Å²) in [6, 6.07) is 11.3. The minimum atomic E-state index is -0.492. The number of benzene rings is 2. The number of carbonyl (C=O) groups excluding carboxylic acids is 1. The van der Waals surface area contributed by atoms with Crippen molar-refractivity contribution in [2.75, 3.05) is 12.4 Å². The SMILES string of the molecule is COc1c(Cl)cc(C(=O)NC(=S)Nc2ccc(-c3ccc(CO)o3)c(Cl)c2)cc1Cl. The number of ether oxygens (including phenoxy) is 1. The van der Waals surface area contributed by atoms with Gasteiger partial charge in [-0.15, -0.1) is 0 Å². The Kier molecular flexibility index (Phi) is 7.23. The van der Waals surface area contributed by atoms with Gasteiger partial charge < -0.3 is 19.6 Å². The summed E-state index contributed by atoms with van der Waals surface area (Å²) < 4.78 is 10.6. The molecule has 0 bridgehead atoms. The van der Waals surface area contributed by atoms with Gasteiger partial charge in [0.15, 0.2) is 10.9 Å². The van der Waals surface area contributed by atoms with E-state index < -0.39 is 5.91 Å². The van der Waals surface area contributed by atoms with Crippen LogP contribution in [-0.4, -0.2) is 23.2 Å². The normalized spacial score (nSPS) is 10.6. The van der Waals surface area contributed by atoms with Crippen molar-refractivity contribution in [3.05, 3.63) is 68.9 Å². The Morgan fingerprint density at radius 1 is 1.10 bits per heavy atom. The van der Waals surface area contributed by atoms with Crippen molar-refractivity contribution < 1.29 is 19.1 Å². The summed E-state index contributed by atoms with van der Waals surface area (Å²) in [6.45, 7) is -0.199. The first-order chi connectivity index (χ1) is 14.3. The molecule has 1 heterocycles. The Balaban J connectivity index is 1.69. The molecule has 2 aromatic carbocycles. The lowest BCUT2D eigenvalue weighted by Gasteiger charge is -2.12. The highest BCUT2D eigenvalue weighted by Crippen LogP contribution is 2.34. The second kappa shape index (κ2) is 9.68. The van der Waals surface area contributed by atoms with E-state index in [1.807, 2.05) is 0 Å². The first kappa shape index (κ1) is 22.4. The van der Waals surface area contributed by atoms with Crippen molar-refractivity contribution in [3.63, 3.8) is 0 Å². The minimum absolute atomic E-state index is 0.0624. The van der Waals surface area contributed by atoms with Crippen molar-refractivity contribution >= 4 is 63.7 Å². The van der Waals surface area contributed by atoms with E-state index in [1.165, 1.54) is 19.2 Å². The van der Waals surface area contributed by atoms with E-state index in [1.54, 1.807) is 30.3 Å². The van der Waals surface area contributed by atoms with Crippen LogP contribution in [0.15, 0.2) is 46.9 Å². The lowest BCUT2D eigenvalue weighted by Crippen LogP contribution is -2.34. The van der Waals surface area contributed by atoms with Crippen LogP contribution in [-0.2, 0) is 6.61 Å². The highest BCUT2D eigenvalue weighted by atomic mass is 35.5. The maximum atomic E-state index is 12.4. The van der Waals surface area contributed by atoms with Gasteiger partial charge in [0.2, 0.25) is 0 Å². The summed E-state index contributed by atoms with van der Waals surface area (Å²) in [4.78, 5) is 12.4. The molecule has 0 aliphatic rings. The quantitative estimate of drug-likeness (QED) is 0.412. The molecule has 0 spiro atoms. The van der Waals surface area contributed by atoms with Gasteiger partial charge in [0.05, 0.1) is 22.2 Å². The van der Waals surface area contributed by atoms with E-state index >= 15 is 0 Å². The van der Waals surface area contributed by atoms with Crippen LogP contribution in [0, 0.1) is 0 Å². The number of aliphatic hydroxyl groups is 1. The zero-order chi connectivity index (χ0) is 21.8. The Morgan fingerprint density at radius 2 is 1.80 bits per heavy atom. The average molecular weight is 486 g/mol. The molecule has 0 fully saturated rings. The molecule has 1 amide bonds. The molecule has 0 aliphatic heterocycles. The summed E-state index contributed by atoms with van der Waals surface area (Å²) >= 11 is 23.7. The second-order valence-corrected chi connectivity index (χ2v) is 7.63. The van der Waals surface area contributed by atoms with E-state index in [0.29, 0.717) is 27.8 Å². The van der Waals surface area contributed by atoms with Crippen LogP contribution in [0.3, 0.4) is 0 Å². The van der Waals surface area contributed by atoms with E-state index in [0.717, 1.165) is 0 Å². The molecule has 0 saturated heterocycles. The first-order valence-electron chi connectivity index (χ1n) is 8.47. The van der Waals surface area contributed by atoms with Gasteiger partial charge in [0.25, 0.3) is 5.91 Å². The van der Waals surface area contributed by atoms with E-state index in [2.05, 4.69) is 10.6 Å². The van der Waals surface area contributed by atoms with Gasteiger partial charge in [-0.3, -0.25) is 10.1 Å². The predicted octanol–water partition coefficient (Wildman–Crippen LogP) is 5.53. The van der Waals surface area contributed by atoms with Gasteiger partial charge in [-0.2, -0.15) is 0 Å². The molecule has 1 aromatic heterocycles. The van der Waals surface area contributed by atoms with Crippen molar-refractivity contribution in [1.29, 1.82) is 0 Å². The highest BCUT2D eigenvalue weighted by Gasteiger charge is 2.15. The van der Waals surface area contributed by atoms with E-state index in [-0.39, 0.29) is 33.1 Å². The third kappa shape index (κ3) is 5.06. The number of rotatable bonds is 5. The monoisotopic (exact) mass is 484 g/mol. The topological polar surface area (TPSA) is 83.7 Å². The molecule has 3 N–H and O–H groups in total. The number of halogens is 3. The zero-order valence-corrected chi connectivity index (χ0v) is 18.5. The fourth-order valence-corrected chi connectivity index (χ4v) is 3.75. The molecule has 10 heteroatoms. The molecule has 156 valence electrons. The van der Waals surface area contributed by atoms with Gasteiger partial charge in [-0.25, -0.2) is 0 Å². The van der Waals surface area contributed by atoms with Crippen LogP contribution in [0.1, 0.15) is 16.1 Å². The number of nitrogens with one attached hydrogen (secondary N) is 2. The van der Waals surface area contributed by atoms with Crippen molar-refractivity contribution in [3.8, 4) is 17.1 Å². The second-order valence-electron chi connectivity index (χ2n) is 6.00. The van der Waals surface area contributed by atoms with Crippen LogP contribution >= 0.6 is 47.0 Å². The van der Waals surface area contributed by atoms with Crippen molar-refractivity contribution in [1.82, 2.24) is 5.32 Å². The molecular weight excluding hydrogens is 471 g/mol. The summed E-state index contributed by atoms with van der Waals surface area (Å²) in [5, 5.41) is 15.4. The average Bonchev–Trinajstić information content (AvgIpc) is 3.16. The number of hydrogen-bond donors (Lipinski definition) is 3. The lowest BCUT2D eigenvalue weighted by molar-refractivity contribution is 0.0977. The molecular formula is C20H15Cl3N2O4S. The smallest absolute Gasteiger partial charge is 0.257 e. The standard InChI is InChI=1S/C20H15Cl3N2O4S/c1-28-18-15(22)6-10(7-16(18)23)19(27)25-20(30)24-11-2-4-13(14(21)8-11)17-5-3-12(9-26)29-17/h2-8,26H,9H2,1H3,(H2,24,25,27,30). The molecule has 3 rings (SSSR count). The number of anilines is 1. The molecule has 30 heavy (non-hydrogen) atoms. The Hall–Kier alpha value is -2.29. The number of aliphatic hydroxyl groups excluding tert-OH is 1. The summed E-state index contributed by atoms with van der Waals surface area (Å²) in [5.41, 5.74) is 1.44. The molecule has 3 aromatic rings. The molecule has 0 aliphatic carbocycles. The molecule has 0 saturated carbocycles. The fraction of sp³-hybridized carbons (Fsp3) is 0.100. The number of thiocarbonyl (C=S) groups is 1. The number of furan rings is 1. The van der Waals surface area contributed by atoms with Crippen molar-refractivity contribution in [2.45, 2.75) is 6.61 Å². The Morgan fingerprint density at radius 3 is 2.37 bits per heavy atom. The summed E-state index contributed by atoms with van der Waals surface area (Å²) in [7, 11) is 1.43. The summed E-state index contributed by atoms with van der Waals surface area (Å²) in [5.74, 6) is 0.757. The van der Waals surface area contributed by atoms with Crippen LogP contribution in [0.5, 0.6) is 5.75 Å². The highest BCUT2D eigenvalue weighted by molar-refractivity contribution is 7.80. The fourth-order valence-electron chi connectivity index (χ4n) is 2.62. The lowest BCUT2D eigenvalue weighted by atomic mass is 10.1. The summed E-state index contributed by atoms with van der Waals surface area (Å²) in [6.07, 6.45) is 0. The van der Waals surface area contributed by atoms with Gasteiger partial charge in [-0.1, -0.05) is 34.8 Å². The van der Waals surface area contributed by atoms with Crippen LogP contribution in [0.4, 0.5) is 5.69 Å². The number of hydrogen-bond acceptors (Lipinski definition) is 5. The largest absolute Gasteiger partial charge is 0.494 e. The van der Waals surface area contributed by atoms with Gasteiger partial charge in [0.1, 0.15) is 18.1 Å². The molecule has 0 unspecified atom stereocenters. The third-order valence-corrected chi connectivity index (χ3v) is 5.08. The van der Waals surface area contributed by atoms with Crippen LogP contribution in [0.2, 0.25) is 15.1 Å². The van der Waals surface area contributed by atoms with Gasteiger partial charge in [0, 0.05) is 16.8 Å². The van der Waals surface area contributed by atoms with E-state index in [4.69, 9.17) is 61.3 Å². The number of carbonyl (C=O) groups is 1. The predicted molar refractivity (Wildman–Crippen MR) is 122 cm³/mol. The molecule has 0 atom stereocenters. The minimum Gasteiger partial charge on any atom is -0.494 e. The maximum absolute atomic E-state index is 12.4. The third-order valence-electron chi connectivity index (χ3n) is 4.00. The maximum Gasteiger partial charge on any atom is 0.257 e. The van der Waals surface area contributed by atoms with E-state index in [9.17, 15) is 4.79 Å². The van der Waals surface area contributed by atoms with Crippen LogP contribution < -0.4 is 15.4 Å². The van der Waals surface area contributed by atoms with Crippen molar-refractivity contribution in [2.24, 2.45) is 0 Å². The molecule has 6 nitrogen and oxygen atoms in total. The van der Waals surface area contributed by atoms with Gasteiger partial charge in [-0.05, 0) is 54.7 Å². The number of methoxy groups -OCH3 is 1.